The van der Waals surface area contributed by atoms with E-state index in [1.807, 2.05) is 19.0 Å². The van der Waals surface area contributed by atoms with Gasteiger partial charge in [-0.3, -0.25) is 0 Å². The van der Waals surface area contributed by atoms with Crippen molar-refractivity contribution in [2.75, 3.05) is 27.2 Å². The number of hydrogen-bond donors (Lipinski definition) is 2. The number of carbonyl (C=O) groups is 3. The molecule has 0 heterocycles. The maximum absolute atomic E-state index is 10.9. The molecular weight excluding hydrogens is 314 g/mol. The van der Waals surface area contributed by atoms with Gasteiger partial charge in [0.15, 0.2) is 0 Å². The SMILES string of the molecule is C=CC(=O)OCC.CC(=CC=C(CCCN(C)C)C(=O)O)C(=O)O. The van der Waals surface area contributed by atoms with Gasteiger partial charge in [0.05, 0.1) is 6.61 Å². The van der Waals surface area contributed by atoms with Crippen molar-refractivity contribution in [3.63, 3.8) is 0 Å². The molecule has 7 nitrogen and oxygen atoms in total. The average molecular weight is 341 g/mol. The summed E-state index contributed by atoms with van der Waals surface area (Å²) >= 11 is 0. The third kappa shape index (κ3) is 14.5. The Morgan fingerprint density at radius 2 is 1.71 bits per heavy atom. The van der Waals surface area contributed by atoms with Crippen LogP contribution in [-0.2, 0) is 19.1 Å². The summed E-state index contributed by atoms with van der Waals surface area (Å²) in [6.45, 7) is 7.60. The summed E-state index contributed by atoms with van der Waals surface area (Å²) in [7, 11) is 3.83. The summed E-state index contributed by atoms with van der Waals surface area (Å²) in [4.78, 5) is 33.5. The van der Waals surface area contributed by atoms with E-state index in [1.54, 1.807) is 6.92 Å². The van der Waals surface area contributed by atoms with Crippen molar-refractivity contribution >= 4 is 17.9 Å². The van der Waals surface area contributed by atoms with Crippen LogP contribution in [0.5, 0.6) is 0 Å². The highest BCUT2D eigenvalue weighted by atomic mass is 16.5. The molecule has 0 aliphatic heterocycles. The molecule has 0 fully saturated rings. The van der Waals surface area contributed by atoms with E-state index in [9.17, 15) is 14.4 Å². The maximum atomic E-state index is 10.9. The Morgan fingerprint density at radius 3 is 2.04 bits per heavy atom. The van der Waals surface area contributed by atoms with Crippen molar-refractivity contribution < 1.29 is 29.3 Å². The van der Waals surface area contributed by atoms with Crippen LogP contribution >= 0.6 is 0 Å². The van der Waals surface area contributed by atoms with Crippen molar-refractivity contribution in [2.45, 2.75) is 26.7 Å². The normalized spacial score (nSPS) is 11.4. The lowest BCUT2D eigenvalue weighted by Crippen LogP contribution is -2.13. The first-order valence-electron chi connectivity index (χ1n) is 7.43. The fraction of sp³-hybridized carbons (Fsp3) is 0.471. The molecule has 0 radical (unpaired) electrons. The average Bonchev–Trinajstić information content (AvgIpc) is 2.50. The Labute approximate surface area is 142 Å². The van der Waals surface area contributed by atoms with Crippen LogP contribution in [0.15, 0.2) is 36.0 Å². The molecule has 0 unspecified atom stereocenters. The molecule has 7 heteroatoms. The third-order valence-corrected chi connectivity index (χ3v) is 2.65. The lowest BCUT2D eigenvalue weighted by molar-refractivity contribution is -0.137. The van der Waals surface area contributed by atoms with Crippen molar-refractivity contribution in [1.29, 1.82) is 0 Å². The zero-order valence-electron chi connectivity index (χ0n) is 14.7. The van der Waals surface area contributed by atoms with Crippen LogP contribution in [0.1, 0.15) is 26.7 Å². The standard InChI is InChI=1S/C12H19NO4.C5H8O2/c1-9(11(14)15)6-7-10(12(16)17)5-4-8-13(2)3;1-3-5(6)7-4-2/h6-7H,4-5,8H2,1-3H3,(H,14,15)(H,16,17);3H,1,4H2,2H3. The molecule has 0 rings (SSSR count). The van der Waals surface area contributed by atoms with Gasteiger partial charge in [-0.25, -0.2) is 14.4 Å². The zero-order chi connectivity index (χ0) is 19.1. The number of rotatable bonds is 9. The first-order chi connectivity index (χ1) is 11.1. The molecule has 0 aromatic heterocycles. The van der Waals surface area contributed by atoms with Gasteiger partial charge in [0.1, 0.15) is 0 Å². The van der Waals surface area contributed by atoms with Crippen LogP contribution in [-0.4, -0.2) is 60.3 Å². The van der Waals surface area contributed by atoms with Crippen LogP contribution in [0.25, 0.3) is 0 Å². The number of esters is 1. The van der Waals surface area contributed by atoms with Crippen LogP contribution in [0.2, 0.25) is 0 Å². The Hall–Kier alpha value is -2.41. The summed E-state index contributed by atoms with van der Waals surface area (Å²) in [5.41, 5.74) is 0.351. The van der Waals surface area contributed by atoms with Gasteiger partial charge in [0.2, 0.25) is 0 Å². The number of carboxylic acid groups (broad SMARTS) is 2. The molecule has 0 bridgehead atoms. The number of carbonyl (C=O) groups excluding carboxylic acids is 1. The van der Waals surface area contributed by atoms with Crippen LogP contribution in [0.4, 0.5) is 0 Å². The smallest absolute Gasteiger partial charge is 0.331 e. The minimum absolute atomic E-state index is 0.122. The summed E-state index contributed by atoms with van der Waals surface area (Å²) < 4.78 is 4.43. The second kappa shape index (κ2) is 14.2. The minimum atomic E-state index is -1.04. The van der Waals surface area contributed by atoms with Gasteiger partial charge < -0.3 is 19.8 Å². The summed E-state index contributed by atoms with van der Waals surface area (Å²) in [6.07, 6.45) is 4.98. The highest BCUT2D eigenvalue weighted by Gasteiger charge is 2.07. The first-order valence-corrected chi connectivity index (χ1v) is 7.43. The van der Waals surface area contributed by atoms with E-state index >= 15 is 0 Å². The summed E-state index contributed by atoms with van der Waals surface area (Å²) in [5, 5.41) is 17.6. The number of aliphatic carboxylic acids is 2. The van der Waals surface area contributed by atoms with E-state index in [-0.39, 0.29) is 17.1 Å². The van der Waals surface area contributed by atoms with Gasteiger partial charge >= 0.3 is 17.9 Å². The molecule has 0 spiro atoms. The predicted molar refractivity (Wildman–Crippen MR) is 91.7 cm³/mol. The highest BCUT2D eigenvalue weighted by molar-refractivity contribution is 5.89. The Kier molecular flexibility index (Phi) is 14.1. The van der Waals surface area contributed by atoms with Gasteiger partial charge in [-0.2, -0.15) is 0 Å². The lowest BCUT2D eigenvalue weighted by Gasteiger charge is -2.08. The molecule has 0 amide bonds. The largest absolute Gasteiger partial charge is 0.478 e. The summed E-state index contributed by atoms with van der Waals surface area (Å²) in [6, 6.07) is 0. The number of carboxylic acids is 2. The molecule has 0 aromatic carbocycles. The maximum Gasteiger partial charge on any atom is 0.331 e. The molecule has 0 saturated carbocycles. The Bertz CT molecular complexity index is 491. The molecular formula is C17H27NO6. The van der Waals surface area contributed by atoms with Crippen molar-refractivity contribution in [1.82, 2.24) is 4.90 Å². The second-order valence-corrected chi connectivity index (χ2v) is 5.01. The van der Waals surface area contributed by atoms with Gasteiger partial charge in [-0.05, 0) is 47.3 Å². The van der Waals surface area contributed by atoms with Gasteiger partial charge in [-0.15, -0.1) is 0 Å². The number of hydrogen-bond acceptors (Lipinski definition) is 5. The molecule has 0 aromatic rings. The predicted octanol–water partition coefficient (Wildman–Crippen LogP) is 2.11. The van der Waals surface area contributed by atoms with E-state index in [0.29, 0.717) is 13.0 Å². The minimum Gasteiger partial charge on any atom is -0.478 e. The van der Waals surface area contributed by atoms with E-state index in [4.69, 9.17) is 10.2 Å². The fourth-order valence-corrected chi connectivity index (χ4v) is 1.35. The molecule has 0 saturated heterocycles. The molecule has 0 aliphatic rings. The van der Waals surface area contributed by atoms with Crippen LogP contribution < -0.4 is 0 Å². The zero-order valence-corrected chi connectivity index (χ0v) is 14.7. The Morgan fingerprint density at radius 1 is 1.12 bits per heavy atom. The molecule has 136 valence electrons. The molecule has 2 N–H and O–H groups in total. The van der Waals surface area contributed by atoms with E-state index < -0.39 is 11.9 Å². The number of allylic oxidation sites excluding steroid dienone is 2. The fourth-order valence-electron chi connectivity index (χ4n) is 1.35. The Balaban J connectivity index is 0. The molecule has 24 heavy (non-hydrogen) atoms. The first kappa shape index (κ1) is 23.9. The quantitative estimate of drug-likeness (QED) is 0.376. The molecule has 0 atom stereocenters. The second-order valence-electron chi connectivity index (χ2n) is 5.01. The van der Waals surface area contributed by atoms with Gasteiger partial charge in [0, 0.05) is 17.2 Å². The highest BCUT2D eigenvalue weighted by Crippen LogP contribution is 2.07. The van der Waals surface area contributed by atoms with Crippen LogP contribution in [0.3, 0.4) is 0 Å². The van der Waals surface area contributed by atoms with E-state index in [1.165, 1.54) is 19.1 Å². The van der Waals surface area contributed by atoms with E-state index in [2.05, 4.69) is 11.3 Å². The molecule has 0 aliphatic carbocycles. The van der Waals surface area contributed by atoms with Crippen molar-refractivity contribution in [2.24, 2.45) is 0 Å². The van der Waals surface area contributed by atoms with Gasteiger partial charge in [0.25, 0.3) is 0 Å². The van der Waals surface area contributed by atoms with Gasteiger partial charge in [-0.1, -0.05) is 18.7 Å². The number of nitrogens with zero attached hydrogens (tertiary/aromatic N) is 1. The monoisotopic (exact) mass is 341 g/mol. The van der Waals surface area contributed by atoms with Crippen LogP contribution in [0, 0.1) is 0 Å². The lowest BCUT2D eigenvalue weighted by atomic mass is 10.1. The van der Waals surface area contributed by atoms with Crippen molar-refractivity contribution in [3.05, 3.63) is 36.0 Å². The topological polar surface area (TPSA) is 104 Å². The number of ether oxygens (including phenoxy) is 1. The van der Waals surface area contributed by atoms with Crippen molar-refractivity contribution in [3.8, 4) is 0 Å². The summed E-state index contributed by atoms with van der Waals surface area (Å²) in [5.74, 6) is -2.40. The van der Waals surface area contributed by atoms with E-state index in [0.717, 1.165) is 19.0 Å². The third-order valence-electron chi connectivity index (χ3n) is 2.65.